The van der Waals surface area contributed by atoms with E-state index >= 15 is 0 Å². The van der Waals surface area contributed by atoms with Crippen LogP contribution in [0.3, 0.4) is 0 Å². The van der Waals surface area contributed by atoms with Crippen LogP contribution < -0.4 is 5.73 Å². The van der Waals surface area contributed by atoms with Crippen molar-refractivity contribution in [2.24, 2.45) is 5.73 Å². The summed E-state index contributed by atoms with van der Waals surface area (Å²) in [6.07, 6.45) is 3.92. The molecule has 3 nitrogen and oxygen atoms in total. The van der Waals surface area contributed by atoms with Crippen LogP contribution in [0.4, 0.5) is 0 Å². The summed E-state index contributed by atoms with van der Waals surface area (Å²) in [6.45, 7) is 2.81. The first kappa shape index (κ1) is 9.68. The van der Waals surface area contributed by atoms with Gasteiger partial charge in [-0.25, -0.2) is 4.98 Å². The lowest BCUT2D eigenvalue weighted by atomic mass is 10.0. The van der Waals surface area contributed by atoms with Crippen molar-refractivity contribution in [2.45, 2.75) is 25.8 Å². The van der Waals surface area contributed by atoms with Gasteiger partial charge in [-0.3, -0.25) is 0 Å². The molecule has 0 spiro atoms. The fraction of sp³-hybridized carbons (Fsp3) is 0.500. The lowest BCUT2D eigenvalue weighted by Crippen LogP contribution is -2.16. The molecule has 0 bridgehead atoms. The molecule has 4 heteroatoms. The summed E-state index contributed by atoms with van der Waals surface area (Å²) in [7, 11) is 0. The van der Waals surface area contributed by atoms with Crippen LogP contribution >= 0.6 is 11.3 Å². The van der Waals surface area contributed by atoms with Gasteiger partial charge in [0.2, 0.25) is 0 Å². The molecular weight excluding hydrogens is 196 g/mol. The molecule has 2 rings (SSSR count). The predicted octanol–water partition coefficient (Wildman–Crippen LogP) is 2.15. The second-order valence-corrected chi connectivity index (χ2v) is 4.33. The number of thiazole rings is 1. The molecule has 0 fully saturated rings. The Bertz CT molecular complexity index is 346. The molecule has 14 heavy (non-hydrogen) atoms. The van der Waals surface area contributed by atoms with Crippen molar-refractivity contribution in [1.82, 2.24) is 4.98 Å². The van der Waals surface area contributed by atoms with Crippen LogP contribution in [0.5, 0.6) is 0 Å². The van der Waals surface area contributed by atoms with Crippen LogP contribution in [0.15, 0.2) is 17.3 Å². The molecule has 76 valence electrons. The second-order valence-electron chi connectivity index (χ2n) is 3.45. The Morgan fingerprint density at radius 3 is 3.07 bits per heavy atom. The summed E-state index contributed by atoms with van der Waals surface area (Å²) in [4.78, 5) is 5.36. The third kappa shape index (κ3) is 1.81. The average Bonchev–Trinajstić information content (AvgIpc) is 2.65. The van der Waals surface area contributed by atoms with Gasteiger partial charge in [0.1, 0.15) is 0 Å². The van der Waals surface area contributed by atoms with Gasteiger partial charge in [0, 0.05) is 4.88 Å². The van der Waals surface area contributed by atoms with Gasteiger partial charge in [0.25, 0.3) is 0 Å². The third-order valence-corrected chi connectivity index (χ3v) is 3.44. The number of hydrogen-bond donors (Lipinski definition) is 1. The van der Waals surface area contributed by atoms with E-state index in [0.717, 1.165) is 30.0 Å². The highest BCUT2D eigenvalue weighted by molar-refractivity contribution is 7.09. The normalized spacial score (nSPS) is 18.6. The number of aromatic nitrogens is 1. The van der Waals surface area contributed by atoms with Crippen molar-refractivity contribution in [1.29, 1.82) is 0 Å². The Kier molecular flexibility index (Phi) is 2.84. The van der Waals surface area contributed by atoms with Crippen molar-refractivity contribution < 1.29 is 4.74 Å². The molecule has 1 aliphatic rings. The zero-order valence-corrected chi connectivity index (χ0v) is 9.01. The highest BCUT2D eigenvalue weighted by Crippen LogP contribution is 2.29. The number of nitrogens with zero attached hydrogens (tertiary/aromatic N) is 1. The average molecular weight is 210 g/mol. The van der Waals surface area contributed by atoms with E-state index in [1.807, 2.05) is 18.7 Å². The van der Waals surface area contributed by atoms with Crippen LogP contribution in [-0.2, 0) is 4.74 Å². The minimum absolute atomic E-state index is 0.0252. The summed E-state index contributed by atoms with van der Waals surface area (Å²) in [6, 6.07) is -0.0252. The number of hydrogen-bond acceptors (Lipinski definition) is 4. The molecule has 0 aliphatic carbocycles. The number of nitrogens with two attached hydrogens (primary N) is 1. The van der Waals surface area contributed by atoms with E-state index in [-0.39, 0.29) is 6.04 Å². The molecule has 1 aromatic heterocycles. The molecule has 1 aliphatic heterocycles. The SMILES string of the molecule is Cc1ncsc1C(N)C1=COCCC1. The van der Waals surface area contributed by atoms with E-state index < -0.39 is 0 Å². The molecule has 1 aromatic rings. The summed E-state index contributed by atoms with van der Waals surface area (Å²) >= 11 is 1.62. The zero-order valence-electron chi connectivity index (χ0n) is 8.19. The first-order valence-corrected chi connectivity index (χ1v) is 5.63. The smallest absolute Gasteiger partial charge is 0.0876 e. The minimum Gasteiger partial charge on any atom is -0.501 e. The Morgan fingerprint density at radius 1 is 1.64 bits per heavy atom. The van der Waals surface area contributed by atoms with Crippen LogP contribution in [0.25, 0.3) is 0 Å². The van der Waals surface area contributed by atoms with Crippen molar-refractivity contribution >= 4 is 11.3 Å². The zero-order chi connectivity index (χ0) is 9.97. The van der Waals surface area contributed by atoms with E-state index in [0.29, 0.717) is 0 Å². The molecule has 2 heterocycles. The highest BCUT2D eigenvalue weighted by atomic mass is 32.1. The Balaban J connectivity index is 2.19. The molecule has 0 saturated carbocycles. The largest absolute Gasteiger partial charge is 0.501 e. The van der Waals surface area contributed by atoms with Crippen molar-refractivity contribution in [3.8, 4) is 0 Å². The molecule has 2 N–H and O–H groups in total. The Labute approximate surface area is 87.6 Å². The van der Waals surface area contributed by atoms with Crippen LogP contribution in [-0.4, -0.2) is 11.6 Å². The van der Waals surface area contributed by atoms with E-state index in [2.05, 4.69) is 4.98 Å². The van der Waals surface area contributed by atoms with Gasteiger partial charge in [-0.05, 0) is 25.3 Å². The maximum absolute atomic E-state index is 6.14. The van der Waals surface area contributed by atoms with Gasteiger partial charge in [0.15, 0.2) is 0 Å². The molecular formula is C10H14N2OS. The van der Waals surface area contributed by atoms with Crippen LogP contribution in [0, 0.1) is 6.92 Å². The fourth-order valence-electron chi connectivity index (χ4n) is 1.59. The maximum Gasteiger partial charge on any atom is 0.0876 e. The van der Waals surface area contributed by atoms with Gasteiger partial charge < -0.3 is 10.5 Å². The maximum atomic E-state index is 6.14. The summed E-state index contributed by atoms with van der Waals surface area (Å²) in [5.74, 6) is 0. The first-order chi connectivity index (χ1) is 6.79. The monoisotopic (exact) mass is 210 g/mol. The van der Waals surface area contributed by atoms with E-state index in [4.69, 9.17) is 10.5 Å². The topological polar surface area (TPSA) is 48.1 Å². The van der Waals surface area contributed by atoms with Crippen molar-refractivity contribution in [3.63, 3.8) is 0 Å². The third-order valence-electron chi connectivity index (χ3n) is 2.43. The number of ether oxygens (including phenoxy) is 1. The van der Waals surface area contributed by atoms with Gasteiger partial charge >= 0.3 is 0 Å². The Hall–Kier alpha value is -0.870. The standard InChI is InChI=1S/C10H14N2OS/c1-7-10(14-6-12-7)9(11)8-3-2-4-13-5-8/h5-6,9H,2-4,11H2,1H3. The summed E-state index contributed by atoms with van der Waals surface area (Å²) in [5, 5.41) is 0. The highest BCUT2D eigenvalue weighted by Gasteiger charge is 2.18. The van der Waals surface area contributed by atoms with Gasteiger partial charge in [0.05, 0.1) is 30.1 Å². The predicted molar refractivity (Wildman–Crippen MR) is 57.0 cm³/mol. The van der Waals surface area contributed by atoms with Gasteiger partial charge in [-0.2, -0.15) is 0 Å². The van der Waals surface area contributed by atoms with E-state index in [1.54, 1.807) is 11.3 Å². The second kappa shape index (κ2) is 4.11. The first-order valence-electron chi connectivity index (χ1n) is 4.75. The van der Waals surface area contributed by atoms with Crippen LogP contribution in [0.1, 0.15) is 29.5 Å². The summed E-state index contributed by atoms with van der Waals surface area (Å²) in [5.41, 5.74) is 10.2. The van der Waals surface area contributed by atoms with Crippen molar-refractivity contribution in [3.05, 3.63) is 27.9 Å². The van der Waals surface area contributed by atoms with E-state index in [9.17, 15) is 0 Å². The van der Waals surface area contributed by atoms with Gasteiger partial charge in [-0.15, -0.1) is 11.3 Å². The molecule has 0 amide bonds. The fourth-order valence-corrected chi connectivity index (χ4v) is 2.44. The quantitative estimate of drug-likeness (QED) is 0.813. The molecule has 1 unspecified atom stereocenters. The van der Waals surface area contributed by atoms with Crippen molar-refractivity contribution in [2.75, 3.05) is 6.61 Å². The summed E-state index contributed by atoms with van der Waals surface area (Å²) < 4.78 is 5.28. The molecule has 0 radical (unpaired) electrons. The molecule has 0 aromatic carbocycles. The van der Waals surface area contributed by atoms with Crippen LogP contribution in [0.2, 0.25) is 0 Å². The molecule has 1 atom stereocenters. The molecule has 0 saturated heterocycles. The number of aryl methyl sites for hydroxylation is 1. The minimum atomic E-state index is -0.0252. The van der Waals surface area contributed by atoms with Gasteiger partial charge in [-0.1, -0.05) is 0 Å². The number of rotatable bonds is 2. The van der Waals surface area contributed by atoms with E-state index in [1.165, 1.54) is 5.57 Å². The lowest BCUT2D eigenvalue weighted by molar-refractivity contribution is 0.221. The lowest BCUT2D eigenvalue weighted by Gasteiger charge is -2.19. The Morgan fingerprint density at radius 2 is 2.50 bits per heavy atom.